The van der Waals surface area contributed by atoms with Crippen LogP contribution >= 0.6 is 0 Å². The molecule has 0 aliphatic rings. The third-order valence-corrected chi connectivity index (χ3v) is 4.80. The molecule has 4 rings (SSSR count). The average molecular weight is 422 g/mol. The van der Waals surface area contributed by atoms with Crippen LogP contribution in [0.15, 0.2) is 71.5 Å². The molecule has 0 atom stereocenters. The molecule has 0 amide bonds. The van der Waals surface area contributed by atoms with Crippen LogP contribution in [0.1, 0.15) is 12.5 Å². The molecule has 0 saturated heterocycles. The summed E-state index contributed by atoms with van der Waals surface area (Å²) in [5.41, 5.74) is 2.98. The number of nitrogens with zero attached hydrogens (tertiary/aromatic N) is 2. The quantitative estimate of drug-likeness (QED) is 0.420. The first-order valence-electron chi connectivity index (χ1n) is 9.78. The molecule has 0 fully saturated rings. The highest BCUT2D eigenvalue weighted by Crippen LogP contribution is 2.26. The van der Waals surface area contributed by atoms with Crippen molar-refractivity contribution in [2.24, 2.45) is 0 Å². The Morgan fingerprint density at radius 1 is 1.00 bits per heavy atom. The van der Waals surface area contributed by atoms with Crippen LogP contribution < -0.4 is 15.0 Å². The molecule has 4 aromatic rings. The summed E-state index contributed by atoms with van der Waals surface area (Å²) in [5.74, 6) is 0.401. The van der Waals surface area contributed by atoms with E-state index in [1.807, 2.05) is 44.2 Å². The van der Waals surface area contributed by atoms with Gasteiger partial charge in [0.2, 0.25) is 5.88 Å². The van der Waals surface area contributed by atoms with Crippen LogP contribution in [-0.2, 0) is 0 Å². The molecule has 0 radical (unpaired) electrons. The topological polar surface area (TPSA) is 53.4 Å². The molecular formula is C24H20F2N2O3. The zero-order chi connectivity index (χ0) is 22.0. The predicted molar refractivity (Wildman–Crippen MR) is 115 cm³/mol. The Kier molecular flexibility index (Phi) is 5.66. The number of hydrogen-bond donors (Lipinski definition) is 0. The first-order valence-corrected chi connectivity index (χ1v) is 9.78. The number of aromatic nitrogens is 2. The van der Waals surface area contributed by atoms with Crippen molar-refractivity contribution in [3.05, 3.63) is 82.6 Å². The number of halogens is 2. The largest absolute Gasteiger partial charge is 0.478 e. The second-order valence-corrected chi connectivity index (χ2v) is 6.93. The highest BCUT2D eigenvalue weighted by Gasteiger charge is 2.15. The number of aryl methyl sites for hydroxylation is 1. The Morgan fingerprint density at radius 3 is 2.35 bits per heavy atom. The molecule has 0 saturated carbocycles. The van der Waals surface area contributed by atoms with Gasteiger partial charge in [-0.15, -0.1) is 0 Å². The van der Waals surface area contributed by atoms with Crippen molar-refractivity contribution in [3.8, 4) is 28.4 Å². The number of ether oxygens (including phenoxy) is 2. The second-order valence-electron chi connectivity index (χ2n) is 6.93. The minimum Gasteiger partial charge on any atom is -0.478 e. The molecule has 31 heavy (non-hydrogen) atoms. The molecule has 0 aliphatic carbocycles. The van der Waals surface area contributed by atoms with Crippen molar-refractivity contribution in [2.75, 3.05) is 6.61 Å². The van der Waals surface area contributed by atoms with Crippen LogP contribution in [0.4, 0.5) is 8.78 Å². The van der Waals surface area contributed by atoms with E-state index >= 15 is 0 Å². The Hall–Kier alpha value is -3.74. The minimum absolute atomic E-state index is 0.00811. The lowest BCUT2D eigenvalue weighted by Gasteiger charge is -2.14. The Morgan fingerprint density at radius 2 is 1.71 bits per heavy atom. The summed E-state index contributed by atoms with van der Waals surface area (Å²) in [6, 6.07) is 18.9. The lowest BCUT2D eigenvalue weighted by Crippen LogP contribution is -2.21. The molecular weight excluding hydrogens is 402 g/mol. The summed E-state index contributed by atoms with van der Waals surface area (Å²) in [4.78, 5) is 18.0. The number of alkyl halides is 2. The number of fused-ring (bicyclic) bond motifs is 1. The van der Waals surface area contributed by atoms with Crippen molar-refractivity contribution < 1.29 is 18.3 Å². The molecule has 2 heterocycles. The van der Waals surface area contributed by atoms with E-state index in [0.29, 0.717) is 29.4 Å². The van der Waals surface area contributed by atoms with Crippen LogP contribution in [0.2, 0.25) is 0 Å². The molecule has 158 valence electrons. The Labute approximate surface area is 177 Å². The normalized spacial score (nSPS) is 11.1. The van der Waals surface area contributed by atoms with Gasteiger partial charge in [-0.05, 0) is 55.8 Å². The monoisotopic (exact) mass is 422 g/mol. The highest BCUT2D eigenvalue weighted by molar-refractivity contribution is 5.83. The van der Waals surface area contributed by atoms with Gasteiger partial charge < -0.3 is 9.47 Å². The first-order chi connectivity index (χ1) is 15.0. The van der Waals surface area contributed by atoms with E-state index in [9.17, 15) is 13.6 Å². The van der Waals surface area contributed by atoms with Crippen LogP contribution in [0, 0.1) is 6.92 Å². The first kappa shape index (κ1) is 20.5. The second kappa shape index (κ2) is 8.55. The SMILES string of the molecule is CCOc1ccc2cc(-c3ccc(C)cc3)c(=O)n(-c3ccc(OC(F)F)cc3)c2n1. The highest BCUT2D eigenvalue weighted by atomic mass is 19.3. The van der Waals surface area contributed by atoms with Crippen molar-refractivity contribution in [3.63, 3.8) is 0 Å². The van der Waals surface area contributed by atoms with Crippen molar-refractivity contribution in [1.82, 2.24) is 9.55 Å². The van der Waals surface area contributed by atoms with E-state index in [4.69, 9.17) is 4.74 Å². The van der Waals surface area contributed by atoms with Gasteiger partial charge in [0.25, 0.3) is 5.56 Å². The number of hydrogen-bond acceptors (Lipinski definition) is 4. The molecule has 0 unspecified atom stereocenters. The molecule has 2 aromatic heterocycles. The van der Waals surface area contributed by atoms with Crippen molar-refractivity contribution in [2.45, 2.75) is 20.5 Å². The summed E-state index contributed by atoms with van der Waals surface area (Å²) in [7, 11) is 0. The predicted octanol–water partition coefficient (Wildman–Crippen LogP) is 5.36. The third kappa shape index (κ3) is 4.26. The van der Waals surface area contributed by atoms with Gasteiger partial charge in [0, 0.05) is 17.0 Å². The maximum atomic E-state index is 13.5. The van der Waals surface area contributed by atoms with E-state index < -0.39 is 6.61 Å². The van der Waals surface area contributed by atoms with Gasteiger partial charge in [-0.3, -0.25) is 9.36 Å². The maximum Gasteiger partial charge on any atom is 0.387 e. The van der Waals surface area contributed by atoms with Crippen molar-refractivity contribution in [1.29, 1.82) is 0 Å². The third-order valence-electron chi connectivity index (χ3n) is 4.80. The molecule has 0 spiro atoms. The Bertz CT molecular complexity index is 1270. The summed E-state index contributed by atoms with van der Waals surface area (Å²) < 4.78 is 36.4. The van der Waals surface area contributed by atoms with Gasteiger partial charge in [-0.2, -0.15) is 13.8 Å². The average Bonchev–Trinajstić information content (AvgIpc) is 2.75. The zero-order valence-electron chi connectivity index (χ0n) is 17.0. The maximum absolute atomic E-state index is 13.5. The number of benzene rings is 2. The number of pyridine rings is 2. The molecule has 0 bridgehead atoms. The van der Waals surface area contributed by atoms with Gasteiger partial charge >= 0.3 is 6.61 Å². The fourth-order valence-electron chi connectivity index (χ4n) is 3.35. The zero-order valence-corrected chi connectivity index (χ0v) is 17.0. The molecule has 7 heteroatoms. The lowest BCUT2D eigenvalue weighted by atomic mass is 10.0. The van der Waals surface area contributed by atoms with Gasteiger partial charge in [0.05, 0.1) is 12.3 Å². The lowest BCUT2D eigenvalue weighted by molar-refractivity contribution is -0.0498. The van der Waals surface area contributed by atoms with Crippen LogP contribution in [0.3, 0.4) is 0 Å². The fraction of sp³-hybridized carbons (Fsp3) is 0.167. The van der Waals surface area contributed by atoms with Gasteiger partial charge in [0.1, 0.15) is 5.75 Å². The molecule has 2 aromatic carbocycles. The summed E-state index contributed by atoms with van der Waals surface area (Å²) >= 11 is 0. The summed E-state index contributed by atoms with van der Waals surface area (Å²) in [6.07, 6.45) is 0. The van der Waals surface area contributed by atoms with Gasteiger partial charge in [-0.25, -0.2) is 0 Å². The standard InChI is InChI=1S/C24H20F2N2O3/c1-3-30-21-13-8-17-14-20(16-6-4-15(2)5-7-16)23(29)28(22(17)27-21)18-9-11-19(12-10-18)31-24(25)26/h4-14,24H,3H2,1-2H3. The van der Waals surface area contributed by atoms with E-state index in [1.165, 1.54) is 16.7 Å². The van der Waals surface area contributed by atoms with E-state index in [1.54, 1.807) is 24.3 Å². The van der Waals surface area contributed by atoms with Crippen LogP contribution in [-0.4, -0.2) is 22.8 Å². The smallest absolute Gasteiger partial charge is 0.387 e. The molecule has 5 nitrogen and oxygen atoms in total. The van der Waals surface area contributed by atoms with Crippen molar-refractivity contribution >= 4 is 11.0 Å². The van der Waals surface area contributed by atoms with E-state index in [0.717, 1.165) is 16.5 Å². The summed E-state index contributed by atoms with van der Waals surface area (Å²) in [5, 5.41) is 0.742. The number of rotatable bonds is 6. The molecule has 0 N–H and O–H groups in total. The van der Waals surface area contributed by atoms with Gasteiger partial charge in [-0.1, -0.05) is 29.8 Å². The fourth-order valence-corrected chi connectivity index (χ4v) is 3.35. The molecule has 0 aliphatic heterocycles. The van der Waals surface area contributed by atoms with Gasteiger partial charge in [0.15, 0.2) is 5.65 Å². The Balaban J connectivity index is 1.95. The van der Waals surface area contributed by atoms with Crippen LogP contribution in [0.25, 0.3) is 27.8 Å². The van der Waals surface area contributed by atoms with E-state index in [2.05, 4.69) is 9.72 Å². The van der Waals surface area contributed by atoms with Crippen LogP contribution in [0.5, 0.6) is 11.6 Å². The minimum atomic E-state index is -2.92. The van der Waals surface area contributed by atoms with E-state index in [-0.39, 0.29) is 11.3 Å². The summed E-state index contributed by atoms with van der Waals surface area (Å²) in [6.45, 7) is 1.34.